The van der Waals surface area contributed by atoms with Crippen molar-refractivity contribution in [2.24, 2.45) is 17.8 Å². The van der Waals surface area contributed by atoms with Crippen LogP contribution in [0.4, 0.5) is 4.79 Å². The Morgan fingerprint density at radius 2 is 1.62 bits per heavy atom. The minimum atomic E-state index is -0.780. The number of hydrogen-bond acceptors (Lipinski definition) is 4. The average Bonchev–Trinajstić information content (AvgIpc) is 3.39. The van der Waals surface area contributed by atoms with Crippen molar-refractivity contribution in [2.75, 3.05) is 13.2 Å². The number of carboxylic acids is 1. The molecule has 0 aliphatic heterocycles. The van der Waals surface area contributed by atoms with Gasteiger partial charge in [0.25, 0.3) is 0 Å². The zero-order valence-corrected chi connectivity index (χ0v) is 19.0. The first-order chi connectivity index (χ1) is 16.5. The van der Waals surface area contributed by atoms with Gasteiger partial charge in [0.05, 0.1) is 5.92 Å². The van der Waals surface area contributed by atoms with Gasteiger partial charge in [0.15, 0.2) is 0 Å². The molecule has 5 rings (SSSR count). The molecule has 4 atom stereocenters. The predicted molar refractivity (Wildman–Crippen MR) is 126 cm³/mol. The lowest BCUT2D eigenvalue weighted by Crippen LogP contribution is -2.34. The molecule has 2 aromatic rings. The maximum atomic E-state index is 12.5. The fourth-order valence-corrected chi connectivity index (χ4v) is 5.55. The molecule has 3 aliphatic carbocycles. The van der Waals surface area contributed by atoms with Gasteiger partial charge in [-0.15, -0.1) is 0 Å². The number of ether oxygens (including phenoxy) is 1. The van der Waals surface area contributed by atoms with Gasteiger partial charge in [-0.3, -0.25) is 9.59 Å². The summed E-state index contributed by atoms with van der Waals surface area (Å²) >= 11 is 0. The number of fused-ring (bicyclic) bond motifs is 3. The van der Waals surface area contributed by atoms with Crippen LogP contribution >= 0.6 is 0 Å². The van der Waals surface area contributed by atoms with Crippen molar-refractivity contribution in [1.82, 2.24) is 10.6 Å². The molecule has 0 heterocycles. The summed E-state index contributed by atoms with van der Waals surface area (Å²) in [7, 11) is 0. The molecule has 34 heavy (non-hydrogen) atoms. The third-order valence-electron chi connectivity index (χ3n) is 7.48. The van der Waals surface area contributed by atoms with E-state index < -0.39 is 12.1 Å². The van der Waals surface area contributed by atoms with E-state index in [0.717, 1.165) is 19.3 Å². The number of nitrogens with one attached hydrogen (secondary N) is 2. The molecule has 0 bridgehead atoms. The summed E-state index contributed by atoms with van der Waals surface area (Å²) in [6.07, 6.45) is 3.09. The molecule has 0 spiro atoms. The SMILES string of the molecule is O=C(CC1CCC(NC(=O)OCC2c3ccccc3-c3ccccc32)C1)NCC1CC1C(=O)O. The van der Waals surface area contributed by atoms with E-state index in [2.05, 4.69) is 34.9 Å². The molecule has 178 valence electrons. The Bertz CT molecular complexity index is 1050. The van der Waals surface area contributed by atoms with E-state index in [0.29, 0.717) is 19.4 Å². The third-order valence-corrected chi connectivity index (χ3v) is 7.48. The van der Waals surface area contributed by atoms with Crippen molar-refractivity contribution in [2.45, 2.75) is 44.1 Å². The Balaban J connectivity index is 1.06. The molecule has 7 nitrogen and oxygen atoms in total. The molecule has 0 radical (unpaired) electrons. The predicted octanol–water partition coefficient (Wildman–Crippen LogP) is 3.92. The zero-order valence-electron chi connectivity index (χ0n) is 19.0. The molecule has 0 aromatic heterocycles. The summed E-state index contributed by atoms with van der Waals surface area (Å²) in [5, 5.41) is 14.8. The Labute approximate surface area is 198 Å². The average molecular weight is 463 g/mol. The monoisotopic (exact) mass is 462 g/mol. The van der Waals surface area contributed by atoms with E-state index >= 15 is 0 Å². The Hall–Kier alpha value is -3.35. The number of carbonyl (C=O) groups is 3. The van der Waals surface area contributed by atoms with Gasteiger partial charge in [-0.05, 0) is 59.8 Å². The Kier molecular flexibility index (Phi) is 6.26. The van der Waals surface area contributed by atoms with E-state index in [1.54, 1.807) is 0 Å². The van der Waals surface area contributed by atoms with Gasteiger partial charge in [-0.25, -0.2) is 4.79 Å². The van der Waals surface area contributed by atoms with E-state index in [1.165, 1.54) is 22.3 Å². The standard InChI is InChI=1S/C27H30N2O5/c30-25(28-14-17-13-23(17)26(31)32)12-16-9-10-18(11-16)29-27(33)34-15-24-21-7-3-1-5-19(21)20-6-2-4-8-22(20)24/h1-8,16-18,23-24H,9-15H2,(H,28,30)(H,29,33)(H,31,32). The highest BCUT2D eigenvalue weighted by Crippen LogP contribution is 2.44. The lowest BCUT2D eigenvalue weighted by Gasteiger charge is -2.17. The van der Waals surface area contributed by atoms with Crippen LogP contribution in [0.1, 0.15) is 49.1 Å². The first kappa shape index (κ1) is 22.4. The number of amides is 2. The quantitative estimate of drug-likeness (QED) is 0.552. The highest BCUT2D eigenvalue weighted by atomic mass is 16.5. The van der Waals surface area contributed by atoms with Gasteiger partial charge in [-0.1, -0.05) is 48.5 Å². The number of rotatable bonds is 8. The van der Waals surface area contributed by atoms with Gasteiger partial charge >= 0.3 is 12.1 Å². The van der Waals surface area contributed by atoms with Crippen LogP contribution in [0.15, 0.2) is 48.5 Å². The number of hydrogen-bond donors (Lipinski definition) is 3. The highest BCUT2D eigenvalue weighted by Gasteiger charge is 2.43. The molecule has 3 N–H and O–H groups in total. The number of aliphatic carboxylic acids is 1. The maximum absolute atomic E-state index is 12.5. The van der Waals surface area contributed by atoms with Crippen LogP contribution in [0.25, 0.3) is 11.1 Å². The highest BCUT2D eigenvalue weighted by molar-refractivity contribution is 5.79. The van der Waals surface area contributed by atoms with Crippen LogP contribution in [-0.2, 0) is 14.3 Å². The van der Waals surface area contributed by atoms with Gasteiger partial charge in [0.2, 0.25) is 5.91 Å². The fraction of sp³-hybridized carbons (Fsp3) is 0.444. The lowest BCUT2D eigenvalue weighted by atomic mass is 9.98. The summed E-state index contributed by atoms with van der Waals surface area (Å²) in [6, 6.07) is 16.5. The summed E-state index contributed by atoms with van der Waals surface area (Å²) in [4.78, 5) is 35.6. The number of carboxylic acid groups (broad SMARTS) is 1. The van der Waals surface area contributed by atoms with Crippen molar-refractivity contribution in [1.29, 1.82) is 0 Å². The second-order valence-electron chi connectivity index (χ2n) is 9.79. The summed E-state index contributed by atoms with van der Waals surface area (Å²) < 4.78 is 5.64. The van der Waals surface area contributed by atoms with Gasteiger partial charge in [0, 0.05) is 24.9 Å². The molecular weight excluding hydrogens is 432 g/mol. The summed E-state index contributed by atoms with van der Waals surface area (Å²) in [6.45, 7) is 0.723. The van der Waals surface area contributed by atoms with E-state index in [1.807, 2.05) is 24.3 Å². The molecule has 7 heteroatoms. The van der Waals surface area contributed by atoms with Crippen molar-refractivity contribution < 1.29 is 24.2 Å². The Morgan fingerprint density at radius 3 is 2.26 bits per heavy atom. The van der Waals surface area contributed by atoms with Crippen molar-refractivity contribution in [3.8, 4) is 11.1 Å². The van der Waals surface area contributed by atoms with Gasteiger partial charge in [0.1, 0.15) is 6.61 Å². The normalized spacial score (nSPS) is 24.7. The van der Waals surface area contributed by atoms with Crippen LogP contribution in [0.2, 0.25) is 0 Å². The van der Waals surface area contributed by atoms with E-state index in [4.69, 9.17) is 9.84 Å². The first-order valence-corrected chi connectivity index (χ1v) is 12.1. The Morgan fingerprint density at radius 1 is 0.941 bits per heavy atom. The first-order valence-electron chi connectivity index (χ1n) is 12.1. The minimum absolute atomic E-state index is 0.00766. The van der Waals surface area contributed by atoms with Crippen LogP contribution in [0.5, 0.6) is 0 Å². The third kappa shape index (κ3) is 4.79. The van der Waals surface area contributed by atoms with E-state index in [-0.39, 0.29) is 42.2 Å². The largest absolute Gasteiger partial charge is 0.481 e. The van der Waals surface area contributed by atoms with Crippen molar-refractivity contribution in [3.63, 3.8) is 0 Å². The molecular formula is C27H30N2O5. The van der Waals surface area contributed by atoms with Crippen LogP contribution in [0.3, 0.4) is 0 Å². The summed E-state index contributed by atoms with van der Waals surface area (Å²) in [5.41, 5.74) is 4.77. The van der Waals surface area contributed by atoms with Crippen molar-refractivity contribution >= 4 is 18.0 Å². The number of alkyl carbamates (subject to hydrolysis) is 1. The van der Waals surface area contributed by atoms with Crippen molar-refractivity contribution in [3.05, 3.63) is 59.7 Å². The lowest BCUT2D eigenvalue weighted by molar-refractivity contribution is -0.139. The smallest absolute Gasteiger partial charge is 0.407 e. The molecule has 2 aromatic carbocycles. The summed E-state index contributed by atoms with van der Waals surface area (Å²) in [5.74, 6) is -0.815. The van der Waals surface area contributed by atoms with Crippen LogP contribution in [-0.4, -0.2) is 42.3 Å². The van der Waals surface area contributed by atoms with E-state index in [9.17, 15) is 14.4 Å². The minimum Gasteiger partial charge on any atom is -0.481 e. The molecule has 0 saturated heterocycles. The second-order valence-corrected chi connectivity index (χ2v) is 9.79. The molecule has 2 amide bonds. The number of benzene rings is 2. The van der Waals surface area contributed by atoms with Gasteiger partial charge < -0.3 is 20.5 Å². The second kappa shape index (κ2) is 9.49. The fourth-order valence-electron chi connectivity index (χ4n) is 5.55. The molecule has 2 fully saturated rings. The zero-order chi connectivity index (χ0) is 23.7. The molecule has 3 aliphatic rings. The van der Waals surface area contributed by atoms with Gasteiger partial charge in [-0.2, -0.15) is 0 Å². The maximum Gasteiger partial charge on any atom is 0.407 e. The molecule has 4 unspecified atom stereocenters. The number of carbonyl (C=O) groups excluding carboxylic acids is 2. The van der Waals surface area contributed by atoms with Crippen LogP contribution < -0.4 is 10.6 Å². The topological polar surface area (TPSA) is 105 Å². The van der Waals surface area contributed by atoms with Crippen LogP contribution in [0, 0.1) is 17.8 Å². The molecule has 2 saturated carbocycles.